The molecule has 0 spiro atoms. The first-order chi connectivity index (χ1) is 6.55. The van der Waals surface area contributed by atoms with Gasteiger partial charge in [0.1, 0.15) is 0 Å². The fourth-order valence-corrected chi connectivity index (χ4v) is 1.49. The highest BCUT2D eigenvalue weighted by Gasteiger charge is 2.39. The van der Waals surface area contributed by atoms with Crippen LogP contribution in [0.1, 0.15) is 31.2 Å². The van der Waals surface area contributed by atoms with E-state index in [1.54, 1.807) is 25.1 Å². The van der Waals surface area contributed by atoms with E-state index in [2.05, 4.69) is 0 Å². The molecule has 3 heteroatoms. The molecule has 1 atom stereocenters. The van der Waals surface area contributed by atoms with Crippen molar-refractivity contribution in [3.63, 3.8) is 0 Å². The Balaban J connectivity index is 2.89. The Bertz CT molecular complexity index is 264. The van der Waals surface area contributed by atoms with Crippen molar-refractivity contribution < 1.29 is 13.2 Å². The Morgan fingerprint density at radius 3 is 2.14 bits per heavy atom. The molecule has 0 unspecified atom stereocenters. The number of hydrogen-bond acceptors (Lipinski definition) is 0. The predicted molar refractivity (Wildman–Crippen MR) is 50.1 cm³/mol. The van der Waals surface area contributed by atoms with Gasteiger partial charge in [-0.2, -0.15) is 13.2 Å². The highest BCUT2D eigenvalue weighted by Crippen LogP contribution is 2.37. The monoisotopic (exact) mass is 202 g/mol. The molecule has 0 aliphatic rings. The second kappa shape index (κ2) is 4.49. The lowest BCUT2D eigenvalue weighted by Gasteiger charge is -2.19. The van der Waals surface area contributed by atoms with Gasteiger partial charge in [-0.25, -0.2) is 0 Å². The zero-order chi connectivity index (χ0) is 10.6. The summed E-state index contributed by atoms with van der Waals surface area (Å²) in [5.74, 6) is -1.31. The molecule has 0 saturated heterocycles. The zero-order valence-corrected chi connectivity index (χ0v) is 8.01. The van der Waals surface area contributed by atoms with Gasteiger partial charge in [-0.1, -0.05) is 43.7 Å². The zero-order valence-electron chi connectivity index (χ0n) is 8.01. The molecule has 0 saturated carbocycles. The van der Waals surface area contributed by atoms with Gasteiger partial charge in [0.2, 0.25) is 0 Å². The summed E-state index contributed by atoms with van der Waals surface area (Å²) in [5.41, 5.74) is 0.363. The van der Waals surface area contributed by atoms with Crippen LogP contribution < -0.4 is 0 Å². The molecule has 0 aromatic heterocycles. The first-order valence-electron chi connectivity index (χ1n) is 4.67. The van der Waals surface area contributed by atoms with Crippen LogP contribution in [0.2, 0.25) is 0 Å². The maximum absolute atomic E-state index is 12.6. The van der Waals surface area contributed by atoms with Gasteiger partial charge in [0, 0.05) is 0 Å². The number of benzene rings is 1. The molecular weight excluding hydrogens is 189 g/mol. The van der Waals surface area contributed by atoms with Gasteiger partial charge < -0.3 is 0 Å². The third-order valence-corrected chi connectivity index (χ3v) is 2.17. The van der Waals surface area contributed by atoms with Gasteiger partial charge in [0.05, 0.1) is 5.92 Å². The maximum Gasteiger partial charge on any atom is 0.395 e. The Morgan fingerprint density at radius 2 is 1.71 bits per heavy atom. The number of rotatable bonds is 3. The van der Waals surface area contributed by atoms with Crippen LogP contribution in [0.3, 0.4) is 0 Å². The van der Waals surface area contributed by atoms with Crippen molar-refractivity contribution in [3.05, 3.63) is 35.9 Å². The van der Waals surface area contributed by atoms with Crippen LogP contribution in [0.25, 0.3) is 0 Å². The van der Waals surface area contributed by atoms with Gasteiger partial charge in [0.25, 0.3) is 0 Å². The Labute approximate surface area is 81.8 Å². The smallest absolute Gasteiger partial charge is 0.170 e. The molecule has 1 aromatic carbocycles. The average Bonchev–Trinajstić information content (AvgIpc) is 2.14. The fourth-order valence-electron chi connectivity index (χ4n) is 1.49. The molecule has 14 heavy (non-hydrogen) atoms. The second-order valence-electron chi connectivity index (χ2n) is 3.29. The van der Waals surface area contributed by atoms with E-state index in [0.29, 0.717) is 12.0 Å². The molecule has 0 aliphatic carbocycles. The lowest BCUT2D eigenvalue weighted by Crippen LogP contribution is -2.20. The molecule has 1 aromatic rings. The molecule has 0 radical (unpaired) electrons. The molecular formula is C11H13F3. The topological polar surface area (TPSA) is 0 Å². The summed E-state index contributed by atoms with van der Waals surface area (Å²) in [7, 11) is 0. The maximum atomic E-state index is 12.6. The SMILES string of the molecule is CCC[C@H](c1ccccc1)C(F)(F)F. The molecule has 0 fully saturated rings. The van der Waals surface area contributed by atoms with Gasteiger partial charge in [-0.05, 0) is 12.0 Å². The minimum Gasteiger partial charge on any atom is -0.170 e. The summed E-state index contributed by atoms with van der Waals surface area (Å²) in [6.07, 6.45) is -3.43. The van der Waals surface area contributed by atoms with Crippen molar-refractivity contribution in [1.82, 2.24) is 0 Å². The van der Waals surface area contributed by atoms with Crippen LogP contribution in [-0.4, -0.2) is 6.18 Å². The normalized spacial score (nSPS) is 14.0. The van der Waals surface area contributed by atoms with Crippen molar-refractivity contribution in [1.29, 1.82) is 0 Å². The first-order valence-corrected chi connectivity index (χ1v) is 4.67. The first kappa shape index (κ1) is 11.1. The van der Waals surface area contributed by atoms with Gasteiger partial charge in [-0.3, -0.25) is 0 Å². The molecule has 0 bridgehead atoms. The third-order valence-electron chi connectivity index (χ3n) is 2.17. The Hall–Kier alpha value is -0.990. The second-order valence-corrected chi connectivity index (χ2v) is 3.29. The fraction of sp³-hybridized carbons (Fsp3) is 0.455. The van der Waals surface area contributed by atoms with Crippen molar-refractivity contribution in [3.8, 4) is 0 Å². The molecule has 0 N–H and O–H groups in total. The third kappa shape index (κ3) is 2.76. The van der Waals surface area contributed by atoms with Crippen molar-refractivity contribution >= 4 is 0 Å². The summed E-state index contributed by atoms with van der Waals surface area (Å²) in [6, 6.07) is 8.08. The average molecular weight is 202 g/mol. The van der Waals surface area contributed by atoms with Crippen LogP contribution in [0.15, 0.2) is 30.3 Å². The van der Waals surface area contributed by atoms with E-state index >= 15 is 0 Å². The molecule has 78 valence electrons. The number of alkyl halides is 3. The molecule has 0 aliphatic heterocycles. The molecule has 0 amide bonds. The van der Waals surface area contributed by atoms with Crippen molar-refractivity contribution in [2.75, 3.05) is 0 Å². The molecule has 0 heterocycles. The van der Waals surface area contributed by atoms with E-state index < -0.39 is 12.1 Å². The van der Waals surface area contributed by atoms with Gasteiger partial charge in [-0.15, -0.1) is 0 Å². The summed E-state index contributed by atoms with van der Waals surface area (Å²) < 4.78 is 37.8. The van der Waals surface area contributed by atoms with Crippen molar-refractivity contribution in [2.24, 2.45) is 0 Å². The van der Waals surface area contributed by atoms with E-state index in [-0.39, 0.29) is 6.42 Å². The van der Waals surface area contributed by atoms with Gasteiger partial charge >= 0.3 is 6.18 Å². The summed E-state index contributed by atoms with van der Waals surface area (Å²) in [6.45, 7) is 1.77. The Morgan fingerprint density at radius 1 is 1.14 bits per heavy atom. The largest absolute Gasteiger partial charge is 0.395 e. The van der Waals surface area contributed by atoms with E-state index in [1.165, 1.54) is 12.1 Å². The van der Waals surface area contributed by atoms with E-state index in [9.17, 15) is 13.2 Å². The number of hydrogen-bond donors (Lipinski definition) is 0. The lowest BCUT2D eigenvalue weighted by atomic mass is 9.94. The quantitative estimate of drug-likeness (QED) is 0.691. The van der Waals surface area contributed by atoms with E-state index in [1.807, 2.05) is 0 Å². The lowest BCUT2D eigenvalue weighted by molar-refractivity contribution is -0.152. The standard InChI is InChI=1S/C11H13F3/c1-2-6-10(11(12,13)14)9-7-4-3-5-8-9/h3-5,7-8,10H,2,6H2,1H3/t10-/m1/s1. The van der Waals surface area contributed by atoms with Crippen LogP contribution in [0.5, 0.6) is 0 Å². The highest BCUT2D eigenvalue weighted by molar-refractivity contribution is 5.20. The van der Waals surface area contributed by atoms with Crippen LogP contribution in [-0.2, 0) is 0 Å². The van der Waals surface area contributed by atoms with E-state index in [4.69, 9.17) is 0 Å². The van der Waals surface area contributed by atoms with Gasteiger partial charge in [0.15, 0.2) is 0 Å². The highest BCUT2D eigenvalue weighted by atomic mass is 19.4. The number of halogens is 3. The van der Waals surface area contributed by atoms with Crippen LogP contribution >= 0.6 is 0 Å². The summed E-state index contributed by atoms with van der Waals surface area (Å²) >= 11 is 0. The molecule has 1 rings (SSSR count). The van der Waals surface area contributed by atoms with E-state index in [0.717, 1.165) is 0 Å². The van der Waals surface area contributed by atoms with Crippen LogP contribution in [0.4, 0.5) is 13.2 Å². The van der Waals surface area contributed by atoms with Crippen LogP contribution in [0, 0.1) is 0 Å². The Kier molecular flexibility index (Phi) is 3.55. The summed E-state index contributed by atoms with van der Waals surface area (Å²) in [4.78, 5) is 0. The van der Waals surface area contributed by atoms with Crippen molar-refractivity contribution in [2.45, 2.75) is 31.9 Å². The minimum atomic E-state index is -4.13. The minimum absolute atomic E-state index is 0.160. The summed E-state index contributed by atoms with van der Waals surface area (Å²) in [5, 5.41) is 0. The molecule has 0 nitrogen and oxygen atoms in total. The predicted octanol–water partition coefficient (Wildman–Crippen LogP) is 4.13.